The molecule has 7 unspecified atom stereocenters. The highest BCUT2D eigenvalue weighted by Gasteiger charge is 2.76. The van der Waals surface area contributed by atoms with E-state index in [0.717, 1.165) is 23.7 Å². The first-order chi connectivity index (χ1) is 28.3. The normalized spacial score (nSPS) is 33.2. The van der Waals surface area contributed by atoms with Gasteiger partial charge in [0.1, 0.15) is 0 Å². The highest BCUT2D eigenvalue weighted by Crippen LogP contribution is 2.85. The smallest absolute Gasteiger partial charge is 0.0728 e. The first-order valence-corrected chi connectivity index (χ1v) is 23.5. The lowest BCUT2D eigenvalue weighted by molar-refractivity contribution is -0.161. The molecule has 290 valence electrons. The molecular formula is C55H55N3. The molecule has 0 N–H and O–H groups in total. The number of fused-ring (bicyclic) bond motifs is 14. The number of nitrogens with zero attached hydrogens (tertiary/aromatic N) is 3. The van der Waals surface area contributed by atoms with Gasteiger partial charge in [-0.05, 0) is 206 Å². The van der Waals surface area contributed by atoms with Gasteiger partial charge in [0.25, 0.3) is 0 Å². The van der Waals surface area contributed by atoms with Crippen LogP contribution < -0.4 is 0 Å². The monoisotopic (exact) mass is 757 g/mol. The number of rotatable bonds is 2. The van der Waals surface area contributed by atoms with Crippen LogP contribution in [-0.2, 0) is 0 Å². The Labute approximate surface area is 342 Å². The molecule has 9 aliphatic carbocycles. The van der Waals surface area contributed by atoms with E-state index in [-0.39, 0.29) is 0 Å². The zero-order valence-electron chi connectivity index (χ0n) is 34.8. The molecule has 7 atom stereocenters. The van der Waals surface area contributed by atoms with Gasteiger partial charge in [0.2, 0.25) is 0 Å². The molecule has 2 spiro atoms. The number of aromatic nitrogens is 3. The Morgan fingerprint density at radius 1 is 0.534 bits per heavy atom. The number of hydrogen-bond acceptors (Lipinski definition) is 2. The molecule has 3 aromatic carbocycles. The Hall–Kier alpha value is -4.24. The van der Waals surface area contributed by atoms with E-state index in [1.807, 2.05) is 0 Å². The molecule has 6 saturated carbocycles. The van der Waals surface area contributed by atoms with Gasteiger partial charge in [0, 0.05) is 44.8 Å². The van der Waals surface area contributed by atoms with E-state index in [1.54, 1.807) is 16.5 Å². The maximum Gasteiger partial charge on any atom is 0.0728 e. The van der Waals surface area contributed by atoms with Crippen LogP contribution in [0.25, 0.3) is 60.3 Å². The summed E-state index contributed by atoms with van der Waals surface area (Å²) in [6.07, 6.45) is 23.1. The van der Waals surface area contributed by atoms with Crippen LogP contribution >= 0.6 is 0 Å². The van der Waals surface area contributed by atoms with E-state index in [4.69, 9.17) is 9.97 Å². The Balaban J connectivity index is 1.14. The predicted octanol–water partition coefficient (Wildman–Crippen LogP) is 14.1. The van der Waals surface area contributed by atoms with E-state index < -0.39 is 0 Å². The van der Waals surface area contributed by atoms with Crippen LogP contribution in [0.2, 0.25) is 0 Å². The van der Waals surface area contributed by atoms with E-state index in [1.165, 1.54) is 172 Å². The standard InChI is InChI=1S/C55H55N3/c1-27-9-7-10-28(2)43(27)37-22-38(44-29(3)11-8-12-30(44)4)48-50-40(26-57-52-36-21-42-54(13-5-6-14-54)41-20-35(46(50)52)23-55(41,42)24-36)58-39-25-56-51-34-18-31-15-32(19-34)17-33(16-31)45(51)49(39)47(37)53(48)58/h7-12,22,25-26,31-36,41-42H,5-6,13-21,23-24H2,1-4H3. The third-order valence-electron chi connectivity index (χ3n) is 19.6. The van der Waals surface area contributed by atoms with Gasteiger partial charge in [-0.2, -0.15) is 0 Å². The quantitative estimate of drug-likeness (QED) is 0.176. The molecule has 7 aromatic rings. The van der Waals surface area contributed by atoms with Crippen molar-refractivity contribution in [2.45, 2.75) is 135 Å². The summed E-state index contributed by atoms with van der Waals surface area (Å²) >= 11 is 0. The van der Waals surface area contributed by atoms with Gasteiger partial charge in [-0.15, -0.1) is 0 Å². The molecule has 0 saturated heterocycles. The minimum atomic E-state index is 0.574. The van der Waals surface area contributed by atoms with Crippen molar-refractivity contribution in [1.29, 1.82) is 0 Å². The highest BCUT2D eigenvalue weighted by atomic mass is 15.0. The van der Waals surface area contributed by atoms with Crippen LogP contribution in [-0.4, -0.2) is 14.4 Å². The maximum atomic E-state index is 5.75. The second kappa shape index (κ2) is 10.5. The Morgan fingerprint density at radius 2 is 1.03 bits per heavy atom. The summed E-state index contributed by atoms with van der Waals surface area (Å²) in [6, 6.07) is 16.7. The van der Waals surface area contributed by atoms with Crippen LogP contribution in [0.15, 0.2) is 54.9 Å². The first kappa shape index (κ1) is 32.6. The lowest BCUT2D eigenvalue weighted by Crippen LogP contribution is -2.58. The SMILES string of the molecule is Cc1cccc(C)c1-c1cc(-c2c(C)cccc2C)c2c3c4c(ncc3n3c5cnc6c(c5c1c23)C1CC2CC(CC6C2)C1)C1CC2C3(CCCC3)C3CC4CC23C1. The van der Waals surface area contributed by atoms with Crippen LogP contribution in [0, 0.1) is 62.2 Å². The van der Waals surface area contributed by atoms with Crippen LogP contribution in [0.5, 0.6) is 0 Å². The van der Waals surface area contributed by atoms with Crippen molar-refractivity contribution >= 4 is 38.1 Å². The molecule has 4 aromatic heterocycles. The first-order valence-electron chi connectivity index (χ1n) is 23.5. The fourth-order valence-electron chi connectivity index (χ4n) is 18.3. The molecule has 0 radical (unpaired) electrons. The fraction of sp³-hybridized carbons (Fsp3) is 0.491. The molecule has 58 heavy (non-hydrogen) atoms. The Kier molecular flexibility index (Phi) is 5.93. The van der Waals surface area contributed by atoms with Gasteiger partial charge in [-0.3, -0.25) is 9.97 Å². The van der Waals surface area contributed by atoms with Gasteiger partial charge < -0.3 is 4.40 Å². The van der Waals surface area contributed by atoms with Crippen molar-refractivity contribution in [3.05, 3.63) is 99.6 Å². The van der Waals surface area contributed by atoms with Gasteiger partial charge in [0.15, 0.2) is 0 Å². The number of hydrogen-bond donors (Lipinski definition) is 0. The zero-order chi connectivity index (χ0) is 38.1. The van der Waals surface area contributed by atoms with Gasteiger partial charge in [-0.1, -0.05) is 49.2 Å². The summed E-state index contributed by atoms with van der Waals surface area (Å²) in [5.74, 6) is 6.05. The van der Waals surface area contributed by atoms with Gasteiger partial charge >= 0.3 is 0 Å². The van der Waals surface area contributed by atoms with Crippen molar-refractivity contribution in [3.8, 4) is 22.3 Å². The lowest BCUT2D eigenvalue weighted by atomic mass is 9.40. The van der Waals surface area contributed by atoms with Crippen molar-refractivity contribution in [1.82, 2.24) is 14.4 Å². The minimum absolute atomic E-state index is 0.574. The molecule has 9 aliphatic rings. The van der Waals surface area contributed by atoms with Crippen LogP contribution in [0.4, 0.5) is 0 Å². The number of aryl methyl sites for hydroxylation is 4. The van der Waals surface area contributed by atoms with Crippen LogP contribution in [0.3, 0.4) is 0 Å². The topological polar surface area (TPSA) is 30.2 Å². The summed E-state index contributed by atoms with van der Waals surface area (Å²) in [5, 5.41) is 6.11. The van der Waals surface area contributed by atoms with E-state index in [2.05, 4.69) is 87.0 Å². The third-order valence-corrected chi connectivity index (χ3v) is 19.6. The Bertz CT molecular complexity index is 2960. The fourth-order valence-corrected chi connectivity index (χ4v) is 18.3. The second-order valence-electron chi connectivity index (χ2n) is 21.9. The summed E-state index contributed by atoms with van der Waals surface area (Å²) < 4.78 is 2.74. The van der Waals surface area contributed by atoms with Gasteiger partial charge in [0.05, 0.1) is 28.9 Å². The predicted molar refractivity (Wildman–Crippen MR) is 236 cm³/mol. The van der Waals surface area contributed by atoms with E-state index >= 15 is 0 Å². The molecule has 4 heterocycles. The van der Waals surface area contributed by atoms with Gasteiger partial charge in [-0.25, -0.2) is 0 Å². The molecule has 0 aliphatic heterocycles. The second-order valence-corrected chi connectivity index (χ2v) is 21.9. The summed E-state index contributed by atoms with van der Waals surface area (Å²) in [5.41, 5.74) is 22.9. The molecular weight excluding hydrogens is 703 g/mol. The maximum absolute atomic E-state index is 5.75. The van der Waals surface area contributed by atoms with Crippen LogP contribution in [0.1, 0.15) is 152 Å². The van der Waals surface area contributed by atoms with Crippen molar-refractivity contribution < 1.29 is 0 Å². The summed E-state index contributed by atoms with van der Waals surface area (Å²) in [7, 11) is 0. The molecule has 0 amide bonds. The van der Waals surface area contributed by atoms with Crippen molar-refractivity contribution in [2.24, 2.45) is 34.5 Å². The Morgan fingerprint density at radius 3 is 1.62 bits per heavy atom. The van der Waals surface area contributed by atoms with E-state index in [0.29, 0.717) is 34.5 Å². The van der Waals surface area contributed by atoms with E-state index in [9.17, 15) is 0 Å². The van der Waals surface area contributed by atoms with Crippen molar-refractivity contribution in [3.63, 3.8) is 0 Å². The third kappa shape index (κ3) is 3.59. The summed E-state index contributed by atoms with van der Waals surface area (Å²) in [6.45, 7) is 9.43. The molecule has 7 bridgehead atoms. The zero-order valence-corrected chi connectivity index (χ0v) is 34.8. The average molecular weight is 758 g/mol. The number of benzene rings is 3. The largest absolute Gasteiger partial charge is 0.305 e. The summed E-state index contributed by atoms with van der Waals surface area (Å²) in [4.78, 5) is 11.4. The van der Waals surface area contributed by atoms with Crippen molar-refractivity contribution in [2.75, 3.05) is 0 Å². The number of pyridine rings is 2. The molecule has 3 heteroatoms. The molecule has 6 fully saturated rings. The molecule has 3 nitrogen and oxygen atoms in total. The average Bonchev–Trinajstić information content (AvgIpc) is 4.00. The molecule has 16 rings (SSSR count). The lowest BCUT2D eigenvalue weighted by Gasteiger charge is -2.64. The highest BCUT2D eigenvalue weighted by molar-refractivity contribution is 6.32. The minimum Gasteiger partial charge on any atom is -0.305 e.